The fourth-order valence-corrected chi connectivity index (χ4v) is 4.21. The minimum absolute atomic E-state index is 0.0204. The van der Waals surface area contributed by atoms with Crippen LogP contribution in [0.4, 0.5) is 0 Å². The van der Waals surface area contributed by atoms with E-state index in [1.165, 1.54) is 64.2 Å². The van der Waals surface area contributed by atoms with Crippen molar-refractivity contribution in [3.8, 4) is 5.75 Å². The summed E-state index contributed by atoms with van der Waals surface area (Å²) >= 11 is 0. The van der Waals surface area contributed by atoms with Gasteiger partial charge in [-0.3, -0.25) is 4.79 Å². The summed E-state index contributed by atoms with van der Waals surface area (Å²) in [6.45, 7) is 5.89. The van der Waals surface area contributed by atoms with Crippen LogP contribution < -0.4 is 4.74 Å². The predicted octanol–water partition coefficient (Wildman–Crippen LogP) is 6.96. The van der Waals surface area contributed by atoms with E-state index in [9.17, 15) is 9.90 Å². The van der Waals surface area contributed by atoms with E-state index in [-0.39, 0.29) is 31.3 Å². The maximum Gasteiger partial charge on any atom is 0.143 e. The molecule has 4 heteroatoms. The number of rotatable bonds is 20. The number of hydrogen-bond donors (Lipinski definition) is 2. The van der Waals surface area contributed by atoms with Crippen LogP contribution in [0.2, 0.25) is 0 Å². The predicted molar refractivity (Wildman–Crippen MR) is 133 cm³/mol. The highest BCUT2D eigenvalue weighted by molar-refractivity contribution is 5.86. The Morgan fingerprint density at radius 1 is 0.875 bits per heavy atom. The monoisotopic (exact) mass is 448 g/mol. The topological polar surface area (TPSA) is 66.8 Å². The molecule has 0 fully saturated rings. The van der Waals surface area contributed by atoms with Crippen molar-refractivity contribution in [3.05, 3.63) is 29.8 Å². The third kappa shape index (κ3) is 13.9. The molecule has 0 radical (unpaired) electrons. The normalized spacial score (nSPS) is 12.7. The number of carbonyl (C=O) groups excluding carboxylic acids is 1. The SMILES string of the molecule is CCCCCCCCCCCCCCC(C(=O)CC(C)(C)O)c1ccc(OCCO)cc1. The number of hydrogen-bond acceptors (Lipinski definition) is 4. The van der Waals surface area contributed by atoms with Gasteiger partial charge in [-0.2, -0.15) is 0 Å². The largest absolute Gasteiger partial charge is 0.491 e. The van der Waals surface area contributed by atoms with E-state index in [1.54, 1.807) is 13.8 Å². The van der Waals surface area contributed by atoms with E-state index in [0.717, 1.165) is 24.8 Å². The second-order valence-electron chi connectivity index (χ2n) is 9.83. The van der Waals surface area contributed by atoms with Gasteiger partial charge in [-0.15, -0.1) is 0 Å². The zero-order valence-corrected chi connectivity index (χ0v) is 20.9. The molecule has 1 aromatic carbocycles. The molecule has 184 valence electrons. The summed E-state index contributed by atoms with van der Waals surface area (Å²) in [7, 11) is 0. The molecule has 0 saturated carbocycles. The number of aliphatic hydroxyl groups is 2. The first-order chi connectivity index (χ1) is 15.4. The minimum Gasteiger partial charge on any atom is -0.491 e. The van der Waals surface area contributed by atoms with Crippen molar-refractivity contribution in [2.24, 2.45) is 0 Å². The van der Waals surface area contributed by atoms with E-state index in [4.69, 9.17) is 9.84 Å². The van der Waals surface area contributed by atoms with Gasteiger partial charge in [-0.05, 0) is 38.0 Å². The van der Waals surface area contributed by atoms with Gasteiger partial charge in [-0.25, -0.2) is 0 Å². The fraction of sp³-hybridized carbons (Fsp3) is 0.750. The lowest BCUT2D eigenvalue weighted by Gasteiger charge is -2.22. The zero-order valence-electron chi connectivity index (χ0n) is 20.9. The molecule has 1 atom stereocenters. The molecular formula is C28H48O4. The van der Waals surface area contributed by atoms with Crippen LogP contribution in [0.5, 0.6) is 5.75 Å². The van der Waals surface area contributed by atoms with Crippen molar-refractivity contribution in [2.45, 2.75) is 122 Å². The molecule has 1 aromatic rings. The average Bonchev–Trinajstić information content (AvgIpc) is 2.75. The second kappa shape index (κ2) is 17.1. The van der Waals surface area contributed by atoms with Gasteiger partial charge < -0.3 is 14.9 Å². The number of benzene rings is 1. The summed E-state index contributed by atoms with van der Waals surface area (Å²) in [6, 6.07) is 7.61. The Balaban J connectivity index is 2.40. The molecule has 0 amide bonds. The number of ether oxygens (including phenoxy) is 1. The Morgan fingerprint density at radius 3 is 1.84 bits per heavy atom. The summed E-state index contributed by atoms with van der Waals surface area (Å²) in [5, 5.41) is 19.0. The molecular weight excluding hydrogens is 400 g/mol. The maximum atomic E-state index is 12.9. The molecule has 2 N–H and O–H groups in total. The smallest absolute Gasteiger partial charge is 0.143 e. The third-order valence-corrected chi connectivity index (χ3v) is 5.98. The standard InChI is InChI=1S/C28H48O4/c1-4-5-6-7-8-9-10-11-12-13-14-15-16-26(27(30)23-28(2,3)31)24-17-19-25(20-18-24)32-22-21-29/h17-20,26,29,31H,4-16,21-23H2,1-3H3. The molecule has 0 bridgehead atoms. The molecule has 0 aliphatic heterocycles. The maximum absolute atomic E-state index is 12.9. The number of Topliss-reactive ketones (excluding diaryl/α,β-unsaturated/α-hetero) is 1. The first-order valence-corrected chi connectivity index (χ1v) is 13.0. The van der Waals surface area contributed by atoms with Gasteiger partial charge in [0.25, 0.3) is 0 Å². The quantitative estimate of drug-likeness (QED) is 0.212. The van der Waals surface area contributed by atoms with Crippen LogP contribution in [-0.4, -0.2) is 34.8 Å². The highest BCUT2D eigenvalue weighted by Crippen LogP contribution is 2.29. The third-order valence-electron chi connectivity index (χ3n) is 5.98. The van der Waals surface area contributed by atoms with Crippen molar-refractivity contribution < 1.29 is 19.7 Å². The van der Waals surface area contributed by atoms with Gasteiger partial charge in [-0.1, -0.05) is 96.1 Å². The van der Waals surface area contributed by atoms with Crippen LogP contribution >= 0.6 is 0 Å². The molecule has 0 heterocycles. The number of unbranched alkanes of at least 4 members (excludes halogenated alkanes) is 11. The van der Waals surface area contributed by atoms with E-state index >= 15 is 0 Å². The molecule has 4 nitrogen and oxygen atoms in total. The lowest BCUT2D eigenvalue weighted by Crippen LogP contribution is -2.26. The summed E-state index contributed by atoms with van der Waals surface area (Å²) in [6.07, 6.45) is 16.6. The number of carbonyl (C=O) groups is 1. The Bertz CT molecular complexity index is 588. The van der Waals surface area contributed by atoms with Crippen molar-refractivity contribution in [2.75, 3.05) is 13.2 Å². The average molecular weight is 449 g/mol. The van der Waals surface area contributed by atoms with E-state index in [0.29, 0.717) is 5.75 Å². The highest BCUT2D eigenvalue weighted by atomic mass is 16.5. The Morgan fingerprint density at radius 2 is 1.38 bits per heavy atom. The first kappa shape index (κ1) is 28.6. The van der Waals surface area contributed by atoms with Crippen LogP contribution in [0.3, 0.4) is 0 Å². The minimum atomic E-state index is -0.990. The second-order valence-corrected chi connectivity index (χ2v) is 9.83. The van der Waals surface area contributed by atoms with Crippen molar-refractivity contribution in [3.63, 3.8) is 0 Å². The van der Waals surface area contributed by atoms with E-state index in [2.05, 4.69) is 6.92 Å². The van der Waals surface area contributed by atoms with Gasteiger partial charge in [0, 0.05) is 12.3 Å². The molecule has 32 heavy (non-hydrogen) atoms. The van der Waals surface area contributed by atoms with Crippen LogP contribution in [-0.2, 0) is 4.79 Å². The van der Waals surface area contributed by atoms with Crippen LogP contribution in [0.1, 0.15) is 122 Å². The summed E-state index contributed by atoms with van der Waals surface area (Å²) in [5.41, 5.74) is -0.00515. The molecule has 0 spiro atoms. The zero-order chi connectivity index (χ0) is 23.7. The van der Waals surface area contributed by atoms with Gasteiger partial charge in [0.2, 0.25) is 0 Å². The van der Waals surface area contributed by atoms with Gasteiger partial charge in [0.05, 0.1) is 12.2 Å². The molecule has 0 aliphatic rings. The van der Waals surface area contributed by atoms with Crippen LogP contribution in [0.15, 0.2) is 24.3 Å². The molecule has 1 rings (SSSR count). The fourth-order valence-electron chi connectivity index (χ4n) is 4.21. The molecule has 0 saturated heterocycles. The lowest BCUT2D eigenvalue weighted by atomic mass is 9.85. The summed E-state index contributed by atoms with van der Waals surface area (Å²) < 4.78 is 5.43. The van der Waals surface area contributed by atoms with Crippen molar-refractivity contribution >= 4 is 5.78 Å². The highest BCUT2D eigenvalue weighted by Gasteiger charge is 2.26. The van der Waals surface area contributed by atoms with E-state index < -0.39 is 5.60 Å². The van der Waals surface area contributed by atoms with Gasteiger partial charge in [0.1, 0.15) is 18.1 Å². The Hall–Kier alpha value is -1.39. The van der Waals surface area contributed by atoms with Crippen molar-refractivity contribution in [1.29, 1.82) is 0 Å². The number of aliphatic hydroxyl groups excluding tert-OH is 1. The van der Waals surface area contributed by atoms with Gasteiger partial charge >= 0.3 is 0 Å². The summed E-state index contributed by atoms with van der Waals surface area (Å²) in [5.74, 6) is 0.614. The Labute approximate surface area is 196 Å². The van der Waals surface area contributed by atoms with Gasteiger partial charge in [0.15, 0.2) is 0 Å². The Kier molecular flexibility index (Phi) is 15.3. The number of ketones is 1. The molecule has 0 aliphatic carbocycles. The molecule has 1 unspecified atom stereocenters. The van der Waals surface area contributed by atoms with E-state index in [1.807, 2.05) is 24.3 Å². The van der Waals surface area contributed by atoms with Crippen LogP contribution in [0.25, 0.3) is 0 Å². The molecule has 0 aromatic heterocycles. The van der Waals surface area contributed by atoms with Crippen LogP contribution in [0, 0.1) is 0 Å². The first-order valence-electron chi connectivity index (χ1n) is 13.0. The lowest BCUT2D eigenvalue weighted by molar-refractivity contribution is -0.124. The van der Waals surface area contributed by atoms with Crippen molar-refractivity contribution in [1.82, 2.24) is 0 Å². The summed E-state index contributed by atoms with van der Waals surface area (Å²) in [4.78, 5) is 12.9.